The number of benzene rings is 2. The predicted octanol–water partition coefficient (Wildman–Crippen LogP) is 3.04. The molecule has 0 saturated carbocycles. The molecule has 6 heteroatoms. The van der Waals surface area contributed by atoms with Crippen molar-refractivity contribution in [3.63, 3.8) is 0 Å². The maximum Gasteiger partial charge on any atom is 0.220 e. The zero-order valence-corrected chi connectivity index (χ0v) is 17.3. The minimum atomic E-state index is 0.00976. The number of hydrogen-bond donors (Lipinski definition) is 2. The number of fused-ring (bicyclic) bond motifs is 2. The van der Waals surface area contributed by atoms with Crippen LogP contribution in [-0.4, -0.2) is 38.1 Å². The maximum atomic E-state index is 12.1. The molecule has 1 heterocycles. The largest absolute Gasteiger partial charge is 0.493 e. The van der Waals surface area contributed by atoms with E-state index in [1.165, 1.54) is 0 Å². The minimum absolute atomic E-state index is 0.00976. The first kappa shape index (κ1) is 21.7. The molecule has 30 heavy (non-hydrogen) atoms. The highest BCUT2D eigenvalue weighted by molar-refractivity contribution is 5.77. The molecule has 2 N–H and O–H groups in total. The van der Waals surface area contributed by atoms with Crippen LogP contribution in [0.5, 0.6) is 11.5 Å². The average Bonchev–Trinajstić information content (AvgIpc) is 2.76. The monoisotopic (exact) mass is 410 g/mol. The second kappa shape index (κ2) is 11.9. The second-order valence-electron chi connectivity index (χ2n) is 7.32. The van der Waals surface area contributed by atoms with Gasteiger partial charge in [-0.15, -0.1) is 0 Å². The number of ether oxygens (including phenoxy) is 2. The zero-order valence-electron chi connectivity index (χ0n) is 17.3. The van der Waals surface area contributed by atoms with Crippen LogP contribution in [0.2, 0.25) is 0 Å². The summed E-state index contributed by atoms with van der Waals surface area (Å²) < 4.78 is 11.9. The molecule has 2 aromatic carbocycles. The van der Waals surface area contributed by atoms with Crippen LogP contribution >= 0.6 is 0 Å². The zero-order chi connectivity index (χ0) is 21.0. The summed E-state index contributed by atoms with van der Waals surface area (Å²) in [7, 11) is 0. The Hall–Kier alpha value is -3.02. The Kier molecular flexibility index (Phi) is 8.57. The van der Waals surface area contributed by atoms with Crippen LogP contribution in [0.25, 0.3) is 0 Å². The molecular formula is C24H30N2O4. The first-order chi connectivity index (χ1) is 14.7. The number of aryl methyl sites for hydroxylation is 2. The van der Waals surface area contributed by atoms with Crippen molar-refractivity contribution in [2.45, 2.75) is 38.5 Å². The van der Waals surface area contributed by atoms with Gasteiger partial charge in [0.15, 0.2) is 0 Å². The van der Waals surface area contributed by atoms with Gasteiger partial charge in [0.1, 0.15) is 11.5 Å². The molecule has 2 aromatic rings. The third-order valence-electron chi connectivity index (χ3n) is 4.99. The van der Waals surface area contributed by atoms with Crippen molar-refractivity contribution >= 4 is 11.8 Å². The van der Waals surface area contributed by atoms with Crippen molar-refractivity contribution in [1.29, 1.82) is 0 Å². The molecule has 0 saturated heterocycles. The summed E-state index contributed by atoms with van der Waals surface area (Å²) in [5.41, 5.74) is 2.06. The van der Waals surface area contributed by atoms with Crippen molar-refractivity contribution in [1.82, 2.24) is 10.6 Å². The molecule has 0 spiro atoms. The van der Waals surface area contributed by atoms with Gasteiger partial charge in [0, 0.05) is 32.4 Å². The molecule has 0 aliphatic carbocycles. The molecule has 0 atom stereocenters. The maximum absolute atomic E-state index is 12.1. The standard InChI is InChI=1S/C24H30N2O4/c27-23-13-11-19-7-1-3-9-21(19)29-17-6-18-30-22-10-4-2-8-20(22)12-14-24(28)26-16-5-15-25-23/h1-4,7-10H,5-6,11-18H2,(H,25,27)(H,26,28). The summed E-state index contributed by atoms with van der Waals surface area (Å²) in [6.07, 6.45) is 3.52. The molecule has 0 bridgehead atoms. The number of amides is 2. The smallest absolute Gasteiger partial charge is 0.220 e. The lowest BCUT2D eigenvalue weighted by molar-refractivity contribution is -0.121. The quantitative estimate of drug-likeness (QED) is 0.700. The van der Waals surface area contributed by atoms with Gasteiger partial charge in [0.2, 0.25) is 11.8 Å². The van der Waals surface area contributed by atoms with E-state index in [9.17, 15) is 9.59 Å². The van der Waals surface area contributed by atoms with E-state index in [1.807, 2.05) is 48.5 Å². The fourth-order valence-corrected chi connectivity index (χ4v) is 3.34. The molecule has 160 valence electrons. The average molecular weight is 411 g/mol. The Bertz CT molecular complexity index is 770. The van der Waals surface area contributed by atoms with E-state index >= 15 is 0 Å². The summed E-state index contributed by atoms with van der Waals surface area (Å²) in [5.74, 6) is 1.66. The van der Waals surface area contributed by atoms with Crippen molar-refractivity contribution in [2.75, 3.05) is 26.3 Å². The van der Waals surface area contributed by atoms with Gasteiger partial charge in [-0.1, -0.05) is 36.4 Å². The Labute approximate surface area is 178 Å². The van der Waals surface area contributed by atoms with Crippen LogP contribution in [-0.2, 0) is 22.4 Å². The van der Waals surface area contributed by atoms with E-state index < -0.39 is 0 Å². The number of nitrogens with one attached hydrogen (secondary N) is 2. The van der Waals surface area contributed by atoms with Gasteiger partial charge in [-0.25, -0.2) is 0 Å². The Morgan fingerprint density at radius 2 is 1.07 bits per heavy atom. The van der Waals surface area contributed by atoms with Gasteiger partial charge in [0.05, 0.1) is 13.2 Å². The SMILES string of the molecule is O=C1CCc2ccccc2OCCCOc2ccccc2CCC(=O)NCCCN1. The third kappa shape index (κ3) is 7.10. The third-order valence-corrected chi connectivity index (χ3v) is 4.99. The van der Waals surface area contributed by atoms with Crippen molar-refractivity contribution in [3.05, 3.63) is 59.7 Å². The molecule has 0 radical (unpaired) electrons. The lowest BCUT2D eigenvalue weighted by atomic mass is 10.1. The molecule has 1 aliphatic rings. The predicted molar refractivity (Wildman–Crippen MR) is 116 cm³/mol. The van der Waals surface area contributed by atoms with Crippen LogP contribution in [0.3, 0.4) is 0 Å². The Morgan fingerprint density at radius 3 is 1.57 bits per heavy atom. The Balaban J connectivity index is 1.63. The van der Waals surface area contributed by atoms with Crippen molar-refractivity contribution in [3.8, 4) is 11.5 Å². The van der Waals surface area contributed by atoms with Crippen LogP contribution in [0.4, 0.5) is 0 Å². The molecular weight excluding hydrogens is 380 g/mol. The molecule has 1 aliphatic heterocycles. The van der Waals surface area contributed by atoms with E-state index in [0.29, 0.717) is 58.4 Å². The molecule has 0 unspecified atom stereocenters. The highest BCUT2D eigenvalue weighted by Gasteiger charge is 2.09. The summed E-state index contributed by atoms with van der Waals surface area (Å²) in [6, 6.07) is 15.7. The number of rotatable bonds is 0. The topological polar surface area (TPSA) is 76.7 Å². The number of hydrogen-bond acceptors (Lipinski definition) is 4. The Morgan fingerprint density at radius 1 is 0.600 bits per heavy atom. The fraction of sp³-hybridized carbons (Fsp3) is 0.417. The van der Waals surface area contributed by atoms with Crippen LogP contribution < -0.4 is 20.1 Å². The molecule has 3 rings (SSSR count). The van der Waals surface area contributed by atoms with Crippen LogP contribution in [0.15, 0.2) is 48.5 Å². The van der Waals surface area contributed by atoms with E-state index in [4.69, 9.17) is 9.47 Å². The summed E-state index contributed by atoms with van der Waals surface area (Å²) in [4.78, 5) is 24.2. The fourth-order valence-electron chi connectivity index (χ4n) is 3.34. The van der Waals surface area contributed by atoms with Crippen molar-refractivity contribution in [2.24, 2.45) is 0 Å². The number of para-hydroxylation sites is 2. The molecule has 0 fully saturated rings. The number of carbonyl (C=O) groups is 2. The van der Waals surface area contributed by atoms with Crippen LogP contribution in [0, 0.1) is 0 Å². The first-order valence-corrected chi connectivity index (χ1v) is 10.7. The number of carbonyl (C=O) groups excluding carboxylic acids is 2. The lowest BCUT2D eigenvalue weighted by Crippen LogP contribution is -2.30. The van der Waals surface area contributed by atoms with Gasteiger partial charge in [0.25, 0.3) is 0 Å². The minimum Gasteiger partial charge on any atom is -0.493 e. The molecule has 2 amide bonds. The highest BCUT2D eigenvalue weighted by atomic mass is 16.5. The van der Waals surface area contributed by atoms with Gasteiger partial charge in [-0.05, 0) is 42.5 Å². The lowest BCUT2D eigenvalue weighted by Gasteiger charge is -2.14. The molecule has 0 aromatic heterocycles. The van der Waals surface area contributed by atoms with Gasteiger partial charge >= 0.3 is 0 Å². The molecule has 6 nitrogen and oxygen atoms in total. The van der Waals surface area contributed by atoms with E-state index in [-0.39, 0.29) is 11.8 Å². The normalized spacial score (nSPS) is 17.2. The summed E-state index contributed by atoms with van der Waals surface area (Å²) in [5, 5.41) is 5.83. The summed E-state index contributed by atoms with van der Waals surface area (Å²) in [6.45, 7) is 2.17. The van der Waals surface area contributed by atoms with E-state index in [2.05, 4.69) is 10.6 Å². The van der Waals surface area contributed by atoms with E-state index in [0.717, 1.165) is 29.0 Å². The van der Waals surface area contributed by atoms with Crippen LogP contribution in [0.1, 0.15) is 36.8 Å². The first-order valence-electron chi connectivity index (χ1n) is 10.7. The van der Waals surface area contributed by atoms with Gasteiger partial charge in [-0.3, -0.25) is 9.59 Å². The highest BCUT2D eigenvalue weighted by Crippen LogP contribution is 2.21. The van der Waals surface area contributed by atoms with Crippen molar-refractivity contribution < 1.29 is 19.1 Å². The van der Waals surface area contributed by atoms with E-state index in [1.54, 1.807) is 0 Å². The second-order valence-corrected chi connectivity index (χ2v) is 7.32. The summed E-state index contributed by atoms with van der Waals surface area (Å²) >= 11 is 0. The van der Waals surface area contributed by atoms with Gasteiger partial charge in [-0.2, -0.15) is 0 Å². The van der Waals surface area contributed by atoms with Gasteiger partial charge < -0.3 is 20.1 Å².